The zero-order chi connectivity index (χ0) is 14.2. The SMILES string of the molecule is CC1CCC(N2CC(C(C)(C)C)NCC2C)C(C)C1. The van der Waals surface area contributed by atoms with E-state index in [1.807, 2.05) is 0 Å². The topological polar surface area (TPSA) is 15.3 Å². The average Bonchev–Trinajstić information content (AvgIpc) is 2.29. The maximum atomic E-state index is 3.76. The third kappa shape index (κ3) is 3.52. The van der Waals surface area contributed by atoms with Crippen LogP contribution in [0.25, 0.3) is 0 Å². The Morgan fingerprint density at radius 3 is 2.32 bits per heavy atom. The quantitative estimate of drug-likeness (QED) is 0.781. The minimum absolute atomic E-state index is 0.365. The Morgan fingerprint density at radius 1 is 1.05 bits per heavy atom. The predicted molar refractivity (Wildman–Crippen MR) is 83.4 cm³/mol. The van der Waals surface area contributed by atoms with Gasteiger partial charge in [-0.3, -0.25) is 4.90 Å². The van der Waals surface area contributed by atoms with E-state index in [0.717, 1.165) is 24.4 Å². The third-order valence-corrected chi connectivity index (χ3v) is 5.48. The van der Waals surface area contributed by atoms with Gasteiger partial charge in [0.2, 0.25) is 0 Å². The van der Waals surface area contributed by atoms with Gasteiger partial charge in [-0.05, 0) is 43.4 Å². The summed E-state index contributed by atoms with van der Waals surface area (Å²) in [7, 11) is 0. The zero-order valence-electron chi connectivity index (χ0n) is 13.9. The molecule has 0 spiro atoms. The fourth-order valence-corrected chi connectivity index (χ4v) is 4.07. The van der Waals surface area contributed by atoms with Crippen LogP contribution >= 0.6 is 0 Å². The first-order valence-electron chi connectivity index (χ1n) is 8.28. The van der Waals surface area contributed by atoms with Crippen LogP contribution in [0.1, 0.15) is 60.8 Å². The van der Waals surface area contributed by atoms with Crippen molar-refractivity contribution in [2.45, 2.75) is 78.9 Å². The summed E-state index contributed by atoms with van der Waals surface area (Å²) < 4.78 is 0. The molecule has 1 aliphatic heterocycles. The van der Waals surface area contributed by atoms with Crippen LogP contribution in [0.5, 0.6) is 0 Å². The lowest BCUT2D eigenvalue weighted by Crippen LogP contribution is -2.63. The van der Waals surface area contributed by atoms with Crippen LogP contribution < -0.4 is 5.32 Å². The van der Waals surface area contributed by atoms with Crippen LogP contribution in [0.2, 0.25) is 0 Å². The second-order valence-electron chi connectivity index (χ2n) is 8.34. The molecule has 0 amide bonds. The largest absolute Gasteiger partial charge is 0.311 e. The van der Waals surface area contributed by atoms with E-state index in [4.69, 9.17) is 0 Å². The van der Waals surface area contributed by atoms with Gasteiger partial charge in [0.05, 0.1) is 0 Å². The average molecular weight is 266 g/mol. The molecule has 1 aliphatic carbocycles. The van der Waals surface area contributed by atoms with Crippen molar-refractivity contribution in [3.05, 3.63) is 0 Å². The van der Waals surface area contributed by atoms with Gasteiger partial charge in [-0.2, -0.15) is 0 Å². The number of nitrogens with one attached hydrogen (secondary N) is 1. The molecule has 1 heterocycles. The van der Waals surface area contributed by atoms with E-state index in [1.54, 1.807) is 0 Å². The van der Waals surface area contributed by atoms with Crippen molar-refractivity contribution in [3.63, 3.8) is 0 Å². The summed E-state index contributed by atoms with van der Waals surface area (Å²) in [4.78, 5) is 2.82. The van der Waals surface area contributed by atoms with E-state index in [0.29, 0.717) is 17.5 Å². The Bertz CT molecular complexity index is 294. The maximum Gasteiger partial charge on any atom is 0.0244 e. The Balaban J connectivity index is 2.04. The lowest BCUT2D eigenvalue weighted by atomic mass is 9.77. The summed E-state index contributed by atoms with van der Waals surface area (Å²) in [6.45, 7) is 16.8. The summed E-state index contributed by atoms with van der Waals surface area (Å²) in [5.74, 6) is 1.80. The number of nitrogens with zero attached hydrogens (tertiary/aromatic N) is 1. The summed E-state index contributed by atoms with van der Waals surface area (Å²) in [5, 5.41) is 3.76. The highest BCUT2D eigenvalue weighted by molar-refractivity contribution is 4.95. The van der Waals surface area contributed by atoms with Gasteiger partial charge in [-0.25, -0.2) is 0 Å². The summed E-state index contributed by atoms with van der Waals surface area (Å²) in [6.07, 6.45) is 4.25. The van der Waals surface area contributed by atoms with E-state index < -0.39 is 0 Å². The van der Waals surface area contributed by atoms with Gasteiger partial charge < -0.3 is 5.32 Å². The molecule has 0 bridgehead atoms. The number of rotatable bonds is 1. The van der Waals surface area contributed by atoms with E-state index in [1.165, 1.54) is 25.8 Å². The van der Waals surface area contributed by atoms with E-state index in [2.05, 4.69) is 51.8 Å². The number of piperazine rings is 1. The van der Waals surface area contributed by atoms with E-state index in [-0.39, 0.29) is 0 Å². The van der Waals surface area contributed by atoms with Crippen molar-refractivity contribution >= 4 is 0 Å². The summed E-state index contributed by atoms with van der Waals surface area (Å²) >= 11 is 0. The molecule has 112 valence electrons. The Labute approximate surface area is 120 Å². The molecule has 1 saturated heterocycles. The fraction of sp³-hybridized carbons (Fsp3) is 1.00. The van der Waals surface area contributed by atoms with Crippen LogP contribution in [-0.4, -0.2) is 36.1 Å². The molecule has 1 saturated carbocycles. The van der Waals surface area contributed by atoms with Gasteiger partial charge in [0.25, 0.3) is 0 Å². The summed E-state index contributed by atoms with van der Waals surface area (Å²) in [5.41, 5.74) is 0.365. The molecule has 0 aromatic rings. The minimum atomic E-state index is 0.365. The fourth-order valence-electron chi connectivity index (χ4n) is 4.07. The highest BCUT2D eigenvalue weighted by Gasteiger charge is 2.38. The standard InChI is InChI=1S/C17H34N2/c1-12-7-8-15(13(2)9-12)19-11-16(17(4,5)6)18-10-14(19)3/h12-16,18H,7-11H2,1-6H3. The summed E-state index contributed by atoms with van der Waals surface area (Å²) in [6, 6.07) is 2.15. The van der Waals surface area contributed by atoms with Crippen molar-refractivity contribution in [2.24, 2.45) is 17.3 Å². The Morgan fingerprint density at radius 2 is 1.74 bits per heavy atom. The highest BCUT2D eigenvalue weighted by Crippen LogP contribution is 2.35. The van der Waals surface area contributed by atoms with Crippen molar-refractivity contribution in [1.29, 1.82) is 0 Å². The highest BCUT2D eigenvalue weighted by atomic mass is 15.3. The Hall–Kier alpha value is -0.0800. The predicted octanol–water partition coefficient (Wildman–Crippen LogP) is 3.52. The molecular formula is C17H34N2. The molecule has 2 rings (SSSR count). The van der Waals surface area contributed by atoms with Gasteiger partial charge in [-0.15, -0.1) is 0 Å². The molecular weight excluding hydrogens is 232 g/mol. The molecule has 2 heteroatoms. The van der Waals surface area contributed by atoms with Gasteiger partial charge in [0.1, 0.15) is 0 Å². The van der Waals surface area contributed by atoms with Gasteiger partial charge in [0.15, 0.2) is 0 Å². The molecule has 19 heavy (non-hydrogen) atoms. The van der Waals surface area contributed by atoms with Crippen LogP contribution in [0.15, 0.2) is 0 Å². The van der Waals surface area contributed by atoms with Crippen LogP contribution in [0.4, 0.5) is 0 Å². The number of hydrogen-bond donors (Lipinski definition) is 1. The van der Waals surface area contributed by atoms with Crippen molar-refractivity contribution in [1.82, 2.24) is 10.2 Å². The lowest BCUT2D eigenvalue weighted by molar-refractivity contribution is 0.0131. The van der Waals surface area contributed by atoms with Crippen LogP contribution in [0, 0.1) is 17.3 Å². The lowest BCUT2D eigenvalue weighted by Gasteiger charge is -2.50. The first-order valence-corrected chi connectivity index (χ1v) is 8.28. The molecule has 5 unspecified atom stereocenters. The molecule has 2 nitrogen and oxygen atoms in total. The molecule has 0 aromatic carbocycles. The van der Waals surface area contributed by atoms with Gasteiger partial charge in [-0.1, -0.05) is 34.6 Å². The molecule has 0 radical (unpaired) electrons. The van der Waals surface area contributed by atoms with Gasteiger partial charge in [0, 0.05) is 31.2 Å². The van der Waals surface area contributed by atoms with E-state index in [9.17, 15) is 0 Å². The zero-order valence-corrected chi connectivity index (χ0v) is 13.9. The van der Waals surface area contributed by atoms with Crippen LogP contribution in [-0.2, 0) is 0 Å². The minimum Gasteiger partial charge on any atom is -0.311 e. The molecule has 2 fully saturated rings. The van der Waals surface area contributed by atoms with Crippen molar-refractivity contribution in [3.8, 4) is 0 Å². The van der Waals surface area contributed by atoms with E-state index >= 15 is 0 Å². The molecule has 1 N–H and O–H groups in total. The monoisotopic (exact) mass is 266 g/mol. The maximum absolute atomic E-state index is 3.76. The first-order chi connectivity index (χ1) is 8.79. The smallest absolute Gasteiger partial charge is 0.0244 e. The van der Waals surface area contributed by atoms with Crippen molar-refractivity contribution < 1.29 is 0 Å². The molecule has 5 atom stereocenters. The van der Waals surface area contributed by atoms with Crippen molar-refractivity contribution in [2.75, 3.05) is 13.1 Å². The molecule has 2 aliphatic rings. The second-order valence-corrected chi connectivity index (χ2v) is 8.34. The first kappa shape index (κ1) is 15.3. The third-order valence-electron chi connectivity index (χ3n) is 5.48. The van der Waals surface area contributed by atoms with Gasteiger partial charge >= 0.3 is 0 Å². The Kier molecular flexibility index (Phi) is 4.62. The van der Waals surface area contributed by atoms with Crippen LogP contribution in [0.3, 0.4) is 0 Å². The molecule has 0 aromatic heterocycles. The number of hydrogen-bond acceptors (Lipinski definition) is 2. The normalized spacial score (nSPS) is 42.3. The second kappa shape index (κ2) is 5.73.